The van der Waals surface area contributed by atoms with Gasteiger partial charge in [0.25, 0.3) is 0 Å². The highest BCUT2D eigenvalue weighted by Gasteiger charge is 2.23. The Bertz CT molecular complexity index is 746. The number of rotatable bonds is 5. The van der Waals surface area contributed by atoms with E-state index in [4.69, 9.17) is 16.3 Å². The molecular weight excluding hydrogens is 336 g/mol. The first-order valence-electron chi connectivity index (χ1n) is 8.47. The van der Waals surface area contributed by atoms with Gasteiger partial charge < -0.3 is 9.64 Å². The zero-order valence-electron chi connectivity index (χ0n) is 14.7. The van der Waals surface area contributed by atoms with E-state index in [0.29, 0.717) is 13.1 Å². The molecule has 1 heterocycles. The molecule has 132 valence electrons. The Balaban J connectivity index is 1.66. The standard InChI is InChI=1S/C20H23ClN2O2/c1-22(13-15-5-7-17(21)8-6-15)14-20(24)23-11-3-4-16-12-18(25-2)9-10-19(16)23/h5-10,12H,3-4,11,13-14H2,1-2H3. The number of carbonyl (C=O) groups excluding carboxylic acids is 1. The summed E-state index contributed by atoms with van der Waals surface area (Å²) >= 11 is 5.92. The molecule has 1 aliphatic heterocycles. The van der Waals surface area contributed by atoms with Crippen molar-refractivity contribution in [2.75, 3.05) is 32.1 Å². The summed E-state index contributed by atoms with van der Waals surface area (Å²) < 4.78 is 5.29. The zero-order valence-corrected chi connectivity index (χ0v) is 15.4. The molecule has 3 rings (SSSR count). The normalized spacial score (nSPS) is 13.7. The van der Waals surface area contributed by atoms with E-state index in [0.717, 1.165) is 41.4 Å². The first-order valence-corrected chi connectivity index (χ1v) is 8.85. The van der Waals surface area contributed by atoms with Gasteiger partial charge in [-0.3, -0.25) is 9.69 Å². The molecule has 0 aliphatic carbocycles. The summed E-state index contributed by atoms with van der Waals surface area (Å²) in [4.78, 5) is 16.7. The molecule has 4 nitrogen and oxygen atoms in total. The third kappa shape index (κ3) is 4.33. The lowest BCUT2D eigenvalue weighted by Gasteiger charge is -2.31. The predicted molar refractivity (Wildman–Crippen MR) is 101 cm³/mol. The van der Waals surface area contributed by atoms with Gasteiger partial charge in [-0.05, 0) is 61.3 Å². The van der Waals surface area contributed by atoms with Crippen molar-refractivity contribution in [2.45, 2.75) is 19.4 Å². The van der Waals surface area contributed by atoms with Crippen LogP contribution in [0.1, 0.15) is 17.5 Å². The van der Waals surface area contributed by atoms with Crippen molar-refractivity contribution in [2.24, 2.45) is 0 Å². The average Bonchev–Trinajstić information content (AvgIpc) is 2.62. The Morgan fingerprint density at radius 1 is 1.24 bits per heavy atom. The highest BCUT2D eigenvalue weighted by atomic mass is 35.5. The second-order valence-electron chi connectivity index (χ2n) is 6.44. The van der Waals surface area contributed by atoms with Gasteiger partial charge in [0, 0.05) is 23.8 Å². The molecule has 0 aromatic heterocycles. The molecule has 0 radical (unpaired) electrons. The molecule has 0 saturated heterocycles. The minimum absolute atomic E-state index is 0.127. The first kappa shape index (κ1) is 17.8. The van der Waals surface area contributed by atoms with Crippen LogP contribution in [0, 0.1) is 0 Å². The van der Waals surface area contributed by atoms with Crippen molar-refractivity contribution < 1.29 is 9.53 Å². The minimum atomic E-state index is 0.127. The lowest BCUT2D eigenvalue weighted by molar-refractivity contribution is -0.119. The number of carbonyl (C=O) groups is 1. The van der Waals surface area contributed by atoms with Crippen LogP contribution < -0.4 is 9.64 Å². The fourth-order valence-electron chi connectivity index (χ4n) is 3.23. The summed E-state index contributed by atoms with van der Waals surface area (Å²) in [5, 5.41) is 0.725. The quantitative estimate of drug-likeness (QED) is 0.815. The van der Waals surface area contributed by atoms with Crippen LogP contribution in [0.4, 0.5) is 5.69 Å². The number of hydrogen-bond acceptors (Lipinski definition) is 3. The minimum Gasteiger partial charge on any atom is -0.497 e. The molecule has 0 bridgehead atoms. The summed E-state index contributed by atoms with van der Waals surface area (Å²) in [6.45, 7) is 1.87. The molecule has 2 aromatic rings. The lowest BCUT2D eigenvalue weighted by atomic mass is 10.0. The number of benzene rings is 2. The molecular formula is C20H23ClN2O2. The monoisotopic (exact) mass is 358 g/mol. The van der Waals surface area contributed by atoms with Crippen LogP contribution in [-0.4, -0.2) is 38.1 Å². The number of ether oxygens (including phenoxy) is 1. The summed E-state index contributed by atoms with van der Waals surface area (Å²) in [7, 11) is 3.63. The summed E-state index contributed by atoms with van der Waals surface area (Å²) in [5.41, 5.74) is 3.33. The first-order chi connectivity index (χ1) is 12.1. The van der Waals surface area contributed by atoms with Crippen LogP contribution in [0.2, 0.25) is 5.02 Å². The van der Waals surface area contributed by atoms with Gasteiger partial charge in [0.2, 0.25) is 5.91 Å². The second kappa shape index (κ2) is 7.89. The van der Waals surface area contributed by atoms with Gasteiger partial charge in [-0.2, -0.15) is 0 Å². The molecule has 0 unspecified atom stereocenters. The number of likely N-dealkylation sites (N-methyl/N-ethyl adjacent to an activating group) is 1. The molecule has 0 saturated carbocycles. The van der Waals surface area contributed by atoms with Gasteiger partial charge in [0.05, 0.1) is 13.7 Å². The highest BCUT2D eigenvalue weighted by molar-refractivity contribution is 6.30. The Hall–Kier alpha value is -2.04. The van der Waals surface area contributed by atoms with Gasteiger partial charge in [0.1, 0.15) is 5.75 Å². The third-order valence-electron chi connectivity index (χ3n) is 4.48. The molecule has 1 aliphatic rings. The Labute approximate surface area is 154 Å². The smallest absolute Gasteiger partial charge is 0.241 e. The molecule has 0 atom stereocenters. The van der Waals surface area contributed by atoms with Crippen molar-refractivity contribution >= 4 is 23.2 Å². The number of halogens is 1. The van der Waals surface area contributed by atoms with E-state index < -0.39 is 0 Å². The van der Waals surface area contributed by atoms with Crippen LogP contribution in [-0.2, 0) is 17.8 Å². The van der Waals surface area contributed by atoms with E-state index in [1.165, 1.54) is 5.56 Å². The van der Waals surface area contributed by atoms with Gasteiger partial charge in [-0.1, -0.05) is 23.7 Å². The van der Waals surface area contributed by atoms with Gasteiger partial charge in [0.15, 0.2) is 0 Å². The fourth-order valence-corrected chi connectivity index (χ4v) is 3.36. The van der Waals surface area contributed by atoms with E-state index >= 15 is 0 Å². The Morgan fingerprint density at radius 2 is 2.00 bits per heavy atom. The number of fused-ring (bicyclic) bond motifs is 1. The van der Waals surface area contributed by atoms with Gasteiger partial charge >= 0.3 is 0 Å². The van der Waals surface area contributed by atoms with E-state index in [1.54, 1.807) is 7.11 Å². The molecule has 0 spiro atoms. The van der Waals surface area contributed by atoms with Crippen LogP contribution in [0.3, 0.4) is 0 Å². The van der Waals surface area contributed by atoms with Gasteiger partial charge in [-0.25, -0.2) is 0 Å². The third-order valence-corrected chi connectivity index (χ3v) is 4.73. The number of nitrogens with zero attached hydrogens (tertiary/aromatic N) is 2. The molecule has 0 N–H and O–H groups in total. The topological polar surface area (TPSA) is 32.8 Å². The van der Waals surface area contributed by atoms with E-state index in [2.05, 4.69) is 0 Å². The van der Waals surface area contributed by atoms with E-state index in [9.17, 15) is 4.79 Å². The Morgan fingerprint density at radius 3 is 2.72 bits per heavy atom. The maximum absolute atomic E-state index is 12.8. The van der Waals surface area contributed by atoms with Crippen molar-refractivity contribution in [3.8, 4) is 5.75 Å². The molecule has 2 aromatic carbocycles. The molecule has 0 fully saturated rings. The van der Waals surface area contributed by atoms with Crippen LogP contribution in [0.25, 0.3) is 0 Å². The van der Waals surface area contributed by atoms with Crippen LogP contribution >= 0.6 is 11.6 Å². The van der Waals surface area contributed by atoms with Crippen LogP contribution in [0.5, 0.6) is 5.75 Å². The zero-order chi connectivity index (χ0) is 17.8. The fraction of sp³-hybridized carbons (Fsp3) is 0.350. The number of aryl methyl sites for hydroxylation is 1. The van der Waals surface area contributed by atoms with Crippen molar-refractivity contribution in [3.05, 3.63) is 58.6 Å². The number of methoxy groups -OCH3 is 1. The summed E-state index contributed by atoms with van der Waals surface area (Å²) in [6, 6.07) is 13.7. The highest BCUT2D eigenvalue weighted by Crippen LogP contribution is 2.30. The molecule has 1 amide bonds. The summed E-state index contributed by atoms with van der Waals surface area (Å²) in [6.07, 6.45) is 1.96. The SMILES string of the molecule is COc1ccc2c(c1)CCCN2C(=O)CN(C)Cc1ccc(Cl)cc1. The van der Waals surface area contributed by atoms with Crippen LogP contribution in [0.15, 0.2) is 42.5 Å². The second-order valence-corrected chi connectivity index (χ2v) is 6.88. The van der Waals surface area contributed by atoms with Crippen molar-refractivity contribution in [1.82, 2.24) is 4.90 Å². The number of anilines is 1. The largest absolute Gasteiger partial charge is 0.497 e. The van der Waals surface area contributed by atoms with E-state index in [1.807, 2.05) is 59.3 Å². The number of amides is 1. The van der Waals surface area contributed by atoms with E-state index in [-0.39, 0.29) is 5.91 Å². The maximum Gasteiger partial charge on any atom is 0.241 e. The van der Waals surface area contributed by atoms with Crippen molar-refractivity contribution in [3.63, 3.8) is 0 Å². The molecule has 25 heavy (non-hydrogen) atoms. The predicted octanol–water partition coefficient (Wildman–Crippen LogP) is 3.76. The number of hydrogen-bond donors (Lipinski definition) is 0. The Kier molecular flexibility index (Phi) is 5.61. The lowest BCUT2D eigenvalue weighted by Crippen LogP contribution is -2.41. The van der Waals surface area contributed by atoms with Crippen molar-refractivity contribution in [1.29, 1.82) is 0 Å². The maximum atomic E-state index is 12.8. The molecule has 5 heteroatoms. The summed E-state index contributed by atoms with van der Waals surface area (Å²) in [5.74, 6) is 0.968. The average molecular weight is 359 g/mol. The van der Waals surface area contributed by atoms with Gasteiger partial charge in [-0.15, -0.1) is 0 Å².